The van der Waals surface area contributed by atoms with Gasteiger partial charge in [0, 0.05) is 18.3 Å². The fraction of sp³-hybridized carbons (Fsp3) is 0.333. The zero-order valence-corrected chi connectivity index (χ0v) is 13.9. The highest BCUT2D eigenvalue weighted by Gasteiger charge is 2.23. The molecule has 0 unspecified atom stereocenters. The lowest BCUT2D eigenvalue weighted by molar-refractivity contribution is 0.532. The molecule has 0 bridgehead atoms. The molecule has 114 valence electrons. The van der Waals surface area contributed by atoms with E-state index in [-0.39, 0.29) is 16.5 Å². The molecule has 21 heavy (non-hydrogen) atoms. The van der Waals surface area contributed by atoms with E-state index >= 15 is 0 Å². The number of alkyl halides is 1. The Kier molecular flexibility index (Phi) is 7.66. The van der Waals surface area contributed by atoms with Crippen molar-refractivity contribution in [1.29, 1.82) is 0 Å². The molecule has 3 nitrogen and oxygen atoms in total. The summed E-state index contributed by atoms with van der Waals surface area (Å²) in [6.07, 6.45) is 3.78. The minimum Gasteiger partial charge on any atom is -0.221 e. The number of sulfonamides is 1. The Morgan fingerprint density at radius 2 is 2.00 bits per heavy atom. The van der Waals surface area contributed by atoms with Crippen molar-refractivity contribution in [3.63, 3.8) is 0 Å². The molecule has 0 atom stereocenters. The second kappa shape index (κ2) is 8.99. The van der Waals surface area contributed by atoms with Crippen LogP contribution in [0.3, 0.4) is 0 Å². The summed E-state index contributed by atoms with van der Waals surface area (Å²) in [5, 5.41) is 0.176. The molecule has 0 amide bonds. The Balaban J connectivity index is 2.98. The van der Waals surface area contributed by atoms with Crippen molar-refractivity contribution >= 4 is 33.2 Å². The van der Waals surface area contributed by atoms with Crippen molar-refractivity contribution in [3.8, 4) is 12.0 Å². The van der Waals surface area contributed by atoms with E-state index in [2.05, 4.69) is 18.5 Å². The van der Waals surface area contributed by atoms with Gasteiger partial charge >= 0.3 is 0 Å². The van der Waals surface area contributed by atoms with Gasteiger partial charge in [0.25, 0.3) is 10.0 Å². The second-order valence-electron chi connectivity index (χ2n) is 4.19. The smallest absolute Gasteiger partial charge is 0.221 e. The predicted molar refractivity (Wildman–Crippen MR) is 87.9 cm³/mol. The molecule has 0 radical (unpaired) electrons. The van der Waals surface area contributed by atoms with Gasteiger partial charge in [-0.3, -0.25) is 0 Å². The zero-order chi connectivity index (χ0) is 15.7. The van der Waals surface area contributed by atoms with E-state index in [0.717, 1.165) is 17.1 Å². The van der Waals surface area contributed by atoms with Crippen LogP contribution in [0.15, 0.2) is 41.8 Å². The molecule has 0 aromatic heterocycles. The van der Waals surface area contributed by atoms with Crippen LogP contribution in [0.25, 0.3) is 0 Å². The lowest BCUT2D eigenvalue weighted by Gasteiger charge is -2.16. The largest absolute Gasteiger partial charge is 0.272 e. The fourth-order valence-corrected chi connectivity index (χ4v) is 3.45. The summed E-state index contributed by atoms with van der Waals surface area (Å²) in [5.41, 5.74) is 0. The van der Waals surface area contributed by atoms with E-state index in [1.165, 1.54) is 18.2 Å². The van der Waals surface area contributed by atoms with Gasteiger partial charge in [0.05, 0.1) is 11.6 Å². The number of hydrogen-bond donors (Lipinski definition) is 0. The molecule has 0 spiro atoms. The molecular weight excluding hydrogens is 329 g/mol. The van der Waals surface area contributed by atoms with Crippen molar-refractivity contribution in [2.75, 3.05) is 12.4 Å². The first kappa shape index (κ1) is 17.9. The quantitative estimate of drug-likeness (QED) is 0.247. The molecule has 0 aliphatic heterocycles. The maximum absolute atomic E-state index is 12.5. The van der Waals surface area contributed by atoms with E-state index in [9.17, 15) is 8.42 Å². The molecule has 0 aliphatic rings. The van der Waals surface area contributed by atoms with Crippen LogP contribution in [0, 0.1) is 12.0 Å². The summed E-state index contributed by atoms with van der Waals surface area (Å²) in [7, 11) is -3.76. The first-order chi connectivity index (χ1) is 10.0. The average molecular weight is 346 g/mol. The van der Waals surface area contributed by atoms with Crippen LogP contribution in [-0.4, -0.2) is 25.1 Å². The van der Waals surface area contributed by atoms with E-state index in [1.807, 2.05) is 0 Å². The van der Waals surface area contributed by atoms with Crippen LogP contribution < -0.4 is 0 Å². The minimum atomic E-state index is -3.76. The van der Waals surface area contributed by atoms with Crippen LogP contribution in [0.2, 0.25) is 5.02 Å². The molecule has 1 aromatic carbocycles. The third-order valence-electron chi connectivity index (χ3n) is 2.59. The lowest BCUT2D eigenvalue weighted by Crippen LogP contribution is -2.27. The lowest BCUT2D eigenvalue weighted by atomic mass is 10.3. The van der Waals surface area contributed by atoms with Crippen LogP contribution >= 0.6 is 23.2 Å². The number of hydrogen-bond acceptors (Lipinski definition) is 2. The normalized spacial score (nSPS) is 10.6. The van der Waals surface area contributed by atoms with Crippen molar-refractivity contribution in [3.05, 3.63) is 41.9 Å². The summed E-state index contributed by atoms with van der Waals surface area (Å²) >= 11 is 11.5. The van der Waals surface area contributed by atoms with E-state index in [0.29, 0.717) is 12.3 Å². The summed E-state index contributed by atoms with van der Waals surface area (Å²) in [4.78, 5) is 0.0450. The standard InChI is InChI=1S/C15H17Cl2NO2S/c1-2-12-18(13-8-4-3-7-11-16)21(19,20)15-10-6-5-9-14(15)17/h2,5-6,9-10H,1,3-4,7,11-12H2. The SMILES string of the molecule is C=CCN(C#CCCCCCl)S(=O)(=O)c1ccccc1Cl. The van der Waals surface area contributed by atoms with Crippen LogP contribution in [0.5, 0.6) is 0 Å². The Morgan fingerprint density at radius 1 is 1.29 bits per heavy atom. The van der Waals surface area contributed by atoms with E-state index in [1.54, 1.807) is 12.1 Å². The topological polar surface area (TPSA) is 37.4 Å². The molecule has 0 saturated heterocycles. The highest BCUT2D eigenvalue weighted by atomic mass is 35.5. The van der Waals surface area contributed by atoms with E-state index < -0.39 is 10.0 Å². The molecule has 0 saturated carbocycles. The van der Waals surface area contributed by atoms with Crippen molar-refractivity contribution in [1.82, 2.24) is 4.31 Å². The van der Waals surface area contributed by atoms with Crippen molar-refractivity contribution in [2.24, 2.45) is 0 Å². The maximum atomic E-state index is 12.5. The van der Waals surface area contributed by atoms with Gasteiger partial charge in [-0.05, 0) is 25.0 Å². The summed E-state index contributed by atoms with van der Waals surface area (Å²) in [6, 6.07) is 8.97. The third-order valence-corrected chi connectivity index (χ3v) is 5.03. The summed E-state index contributed by atoms with van der Waals surface area (Å²) < 4.78 is 26.1. The first-order valence-corrected chi connectivity index (χ1v) is 8.82. The van der Waals surface area contributed by atoms with Gasteiger partial charge in [0.1, 0.15) is 4.90 Å². The van der Waals surface area contributed by atoms with Gasteiger partial charge in [0.15, 0.2) is 0 Å². The highest BCUT2D eigenvalue weighted by Crippen LogP contribution is 2.23. The summed E-state index contributed by atoms with van der Waals surface area (Å²) in [5.74, 6) is 3.43. The molecule has 1 rings (SSSR count). The Labute approximate surface area is 136 Å². The van der Waals surface area contributed by atoms with E-state index in [4.69, 9.17) is 23.2 Å². The highest BCUT2D eigenvalue weighted by molar-refractivity contribution is 7.89. The first-order valence-electron chi connectivity index (χ1n) is 6.46. The predicted octanol–water partition coefficient (Wildman–Crippen LogP) is 3.89. The number of benzene rings is 1. The summed E-state index contributed by atoms with van der Waals surface area (Å²) in [6.45, 7) is 3.67. The van der Waals surface area contributed by atoms with Crippen LogP contribution in [-0.2, 0) is 10.0 Å². The second-order valence-corrected chi connectivity index (χ2v) is 6.81. The molecule has 0 heterocycles. The molecule has 0 aliphatic carbocycles. The van der Waals surface area contributed by atoms with Gasteiger partial charge in [-0.15, -0.1) is 18.2 Å². The van der Waals surface area contributed by atoms with Crippen LogP contribution in [0.4, 0.5) is 0 Å². The zero-order valence-electron chi connectivity index (χ0n) is 11.6. The van der Waals surface area contributed by atoms with Gasteiger partial charge in [-0.2, -0.15) is 0 Å². The molecular formula is C15H17Cl2NO2S. The van der Waals surface area contributed by atoms with Crippen LogP contribution in [0.1, 0.15) is 19.3 Å². The Morgan fingerprint density at radius 3 is 2.62 bits per heavy atom. The fourth-order valence-electron chi connectivity index (χ4n) is 1.55. The monoisotopic (exact) mass is 345 g/mol. The Bertz CT molecular complexity index is 633. The van der Waals surface area contributed by atoms with Gasteiger partial charge < -0.3 is 0 Å². The maximum Gasteiger partial charge on any atom is 0.272 e. The number of nitrogens with zero attached hydrogens (tertiary/aromatic N) is 1. The van der Waals surface area contributed by atoms with Gasteiger partial charge in [-0.25, -0.2) is 12.7 Å². The van der Waals surface area contributed by atoms with Gasteiger partial charge in [-0.1, -0.05) is 35.7 Å². The Hall–Kier alpha value is -1.15. The van der Waals surface area contributed by atoms with Gasteiger partial charge in [0.2, 0.25) is 0 Å². The number of halogens is 2. The number of unbranched alkanes of at least 4 members (excludes halogenated alkanes) is 2. The minimum absolute atomic E-state index is 0.0450. The van der Waals surface area contributed by atoms with Crippen molar-refractivity contribution < 1.29 is 8.42 Å². The molecule has 0 N–H and O–H groups in total. The average Bonchev–Trinajstić information content (AvgIpc) is 2.46. The number of rotatable bonds is 7. The molecule has 6 heteroatoms. The third kappa shape index (κ3) is 5.28. The van der Waals surface area contributed by atoms with Crippen molar-refractivity contribution in [2.45, 2.75) is 24.2 Å². The molecule has 0 fully saturated rings. The molecule has 1 aromatic rings.